The van der Waals surface area contributed by atoms with Gasteiger partial charge < -0.3 is 25.0 Å². The summed E-state index contributed by atoms with van der Waals surface area (Å²) in [5, 5.41) is 23.2. The minimum Gasteiger partial charge on any atom is -0.390 e. The van der Waals surface area contributed by atoms with Gasteiger partial charge in [0.25, 0.3) is 0 Å². The lowest BCUT2D eigenvalue weighted by Crippen LogP contribution is -2.37. The van der Waals surface area contributed by atoms with Crippen LogP contribution in [0.1, 0.15) is 18.4 Å². The van der Waals surface area contributed by atoms with E-state index in [0.717, 1.165) is 5.56 Å². The molecule has 0 spiro atoms. The molecule has 1 unspecified atom stereocenters. The molecule has 6 nitrogen and oxygen atoms in total. The molecule has 2 rings (SSSR count). The van der Waals surface area contributed by atoms with Crippen molar-refractivity contribution in [2.24, 2.45) is 5.41 Å². The number of aliphatic hydroxyl groups is 2. The Kier molecular flexibility index (Phi) is 11.7. The molecule has 1 aromatic rings. The fraction of sp³-hybridized carbons (Fsp3) is 0.688. The van der Waals surface area contributed by atoms with E-state index in [1.54, 1.807) is 13.3 Å². The molecule has 1 fully saturated rings. The predicted molar refractivity (Wildman–Crippen MR) is 96.8 cm³/mol. The SMILES string of the molecule is COCCOCC1(CNCc2cccnc2)C[C@@H](O)[C@@H](O)C1.Cl.Cl. The predicted octanol–water partition coefficient (Wildman–Crippen LogP) is 1.18. The van der Waals surface area contributed by atoms with Crippen molar-refractivity contribution in [3.63, 3.8) is 0 Å². The van der Waals surface area contributed by atoms with E-state index >= 15 is 0 Å². The number of methoxy groups -OCH3 is 1. The lowest BCUT2D eigenvalue weighted by Gasteiger charge is -2.29. The Morgan fingerprint density at radius 3 is 2.54 bits per heavy atom. The normalized spacial score (nSPS) is 25.8. The molecule has 3 N–H and O–H groups in total. The second-order valence-electron chi connectivity index (χ2n) is 6.05. The van der Waals surface area contributed by atoms with Gasteiger partial charge in [-0.1, -0.05) is 6.07 Å². The van der Waals surface area contributed by atoms with Gasteiger partial charge in [-0.25, -0.2) is 0 Å². The van der Waals surface area contributed by atoms with Crippen LogP contribution >= 0.6 is 24.8 Å². The number of pyridine rings is 1. The van der Waals surface area contributed by atoms with Gasteiger partial charge in [0.1, 0.15) is 0 Å². The molecule has 1 aliphatic rings. The van der Waals surface area contributed by atoms with E-state index in [0.29, 0.717) is 45.8 Å². The van der Waals surface area contributed by atoms with Gasteiger partial charge in [0, 0.05) is 38.0 Å². The molecule has 3 atom stereocenters. The van der Waals surface area contributed by atoms with Crippen molar-refractivity contribution >= 4 is 24.8 Å². The third-order valence-corrected chi connectivity index (χ3v) is 4.12. The Hall–Kier alpha value is -0.470. The van der Waals surface area contributed by atoms with Gasteiger partial charge in [0.15, 0.2) is 0 Å². The second kappa shape index (κ2) is 12.0. The van der Waals surface area contributed by atoms with Crippen LogP contribution in [0.2, 0.25) is 0 Å². The van der Waals surface area contributed by atoms with Crippen LogP contribution in [-0.4, -0.2) is 60.9 Å². The third-order valence-electron chi connectivity index (χ3n) is 4.12. The minimum atomic E-state index is -0.675. The van der Waals surface area contributed by atoms with Gasteiger partial charge in [-0.15, -0.1) is 24.8 Å². The topological polar surface area (TPSA) is 83.8 Å². The maximum Gasteiger partial charge on any atom is 0.0806 e. The Bertz CT molecular complexity index is 429. The minimum absolute atomic E-state index is 0. The van der Waals surface area contributed by atoms with Crippen molar-refractivity contribution in [2.75, 3.05) is 33.5 Å². The van der Waals surface area contributed by atoms with Crippen LogP contribution in [0.4, 0.5) is 0 Å². The average molecular weight is 383 g/mol. The van der Waals surface area contributed by atoms with Crippen molar-refractivity contribution in [3.05, 3.63) is 30.1 Å². The highest BCUT2D eigenvalue weighted by Crippen LogP contribution is 2.38. The number of hydrogen-bond donors (Lipinski definition) is 3. The summed E-state index contributed by atoms with van der Waals surface area (Å²) in [4.78, 5) is 4.09. The summed E-state index contributed by atoms with van der Waals surface area (Å²) < 4.78 is 10.6. The summed E-state index contributed by atoms with van der Waals surface area (Å²) >= 11 is 0. The summed E-state index contributed by atoms with van der Waals surface area (Å²) in [5.74, 6) is 0. The van der Waals surface area contributed by atoms with Crippen molar-refractivity contribution in [3.8, 4) is 0 Å². The second-order valence-corrected chi connectivity index (χ2v) is 6.05. The van der Waals surface area contributed by atoms with Crippen LogP contribution in [-0.2, 0) is 16.0 Å². The lowest BCUT2D eigenvalue weighted by molar-refractivity contribution is 0.0111. The summed E-state index contributed by atoms with van der Waals surface area (Å²) in [7, 11) is 1.64. The zero-order chi connectivity index (χ0) is 15.8. The molecule has 8 heteroatoms. The van der Waals surface area contributed by atoms with Crippen molar-refractivity contribution in [1.82, 2.24) is 10.3 Å². The molecular weight excluding hydrogens is 355 g/mol. The average Bonchev–Trinajstić information content (AvgIpc) is 2.80. The quantitative estimate of drug-likeness (QED) is 0.556. The number of rotatable bonds is 9. The molecule has 0 saturated heterocycles. The highest BCUT2D eigenvalue weighted by molar-refractivity contribution is 5.85. The molecule has 0 aromatic carbocycles. The summed E-state index contributed by atoms with van der Waals surface area (Å²) in [6, 6.07) is 3.92. The molecule has 0 aliphatic heterocycles. The highest BCUT2D eigenvalue weighted by atomic mass is 35.5. The first kappa shape index (κ1) is 23.5. The van der Waals surface area contributed by atoms with Crippen molar-refractivity contribution in [1.29, 1.82) is 0 Å². The maximum atomic E-state index is 9.88. The Morgan fingerprint density at radius 1 is 1.25 bits per heavy atom. The molecular formula is C16H28Cl2N2O4. The van der Waals surface area contributed by atoms with E-state index < -0.39 is 12.2 Å². The van der Waals surface area contributed by atoms with Crippen molar-refractivity contribution < 1.29 is 19.7 Å². The molecule has 0 bridgehead atoms. The van der Waals surface area contributed by atoms with Gasteiger partial charge in [-0.05, 0) is 24.5 Å². The third kappa shape index (κ3) is 7.19. The van der Waals surface area contributed by atoms with E-state index in [-0.39, 0.29) is 30.2 Å². The summed E-state index contributed by atoms with van der Waals surface area (Å²) in [6.45, 7) is 2.96. The molecule has 1 heterocycles. The highest BCUT2D eigenvalue weighted by Gasteiger charge is 2.44. The van der Waals surface area contributed by atoms with Crippen LogP contribution in [0.25, 0.3) is 0 Å². The fourth-order valence-electron chi connectivity index (χ4n) is 2.96. The van der Waals surface area contributed by atoms with Crippen molar-refractivity contribution in [2.45, 2.75) is 31.6 Å². The van der Waals surface area contributed by atoms with E-state index in [2.05, 4.69) is 10.3 Å². The molecule has 0 amide bonds. The first-order chi connectivity index (χ1) is 10.7. The Balaban J connectivity index is 0.00000264. The number of nitrogens with zero attached hydrogens (tertiary/aromatic N) is 1. The molecule has 1 saturated carbocycles. The van der Waals surface area contributed by atoms with Crippen LogP contribution in [0.15, 0.2) is 24.5 Å². The first-order valence-electron chi connectivity index (χ1n) is 7.68. The number of nitrogens with one attached hydrogen (secondary N) is 1. The Labute approximate surface area is 155 Å². The van der Waals surface area contributed by atoms with Crippen LogP contribution < -0.4 is 5.32 Å². The number of ether oxygens (including phenoxy) is 2. The largest absolute Gasteiger partial charge is 0.390 e. The number of halogens is 2. The standard InChI is InChI=1S/C16H26N2O4.2ClH/c1-21-5-6-22-12-16(7-14(19)15(20)8-16)11-18-10-13-3-2-4-17-9-13;;/h2-4,9,14-15,18-20H,5-8,10-12H2,1H3;2*1H/t14-,15+,16?;;. The molecule has 24 heavy (non-hydrogen) atoms. The van der Waals surface area contributed by atoms with Gasteiger partial charge in [-0.2, -0.15) is 0 Å². The Morgan fingerprint density at radius 2 is 1.96 bits per heavy atom. The molecule has 0 radical (unpaired) electrons. The zero-order valence-corrected chi connectivity index (χ0v) is 15.5. The fourth-order valence-corrected chi connectivity index (χ4v) is 2.96. The van der Waals surface area contributed by atoms with Gasteiger partial charge in [0.05, 0.1) is 32.0 Å². The smallest absolute Gasteiger partial charge is 0.0806 e. The van der Waals surface area contributed by atoms with Crippen LogP contribution in [0.5, 0.6) is 0 Å². The summed E-state index contributed by atoms with van der Waals surface area (Å²) in [5.41, 5.74) is 0.867. The zero-order valence-electron chi connectivity index (χ0n) is 13.9. The maximum absolute atomic E-state index is 9.88. The molecule has 140 valence electrons. The van der Waals surface area contributed by atoms with E-state index in [9.17, 15) is 10.2 Å². The van der Waals surface area contributed by atoms with E-state index in [4.69, 9.17) is 9.47 Å². The van der Waals surface area contributed by atoms with Gasteiger partial charge >= 0.3 is 0 Å². The van der Waals surface area contributed by atoms with E-state index in [1.165, 1.54) is 0 Å². The monoisotopic (exact) mass is 382 g/mol. The van der Waals surface area contributed by atoms with Crippen LogP contribution in [0, 0.1) is 5.41 Å². The number of aromatic nitrogens is 1. The number of hydrogen-bond acceptors (Lipinski definition) is 6. The lowest BCUT2D eigenvalue weighted by atomic mass is 9.86. The summed E-state index contributed by atoms with van der Waals surface area (Å²) in [6.07, 6.45) is 3.31. The first-order valence-corrected chi connectivity index (χ1v) is 7.68. The van der Waals surface area contributed by atoms with E-state index in [1.807, 2.05) is 18.3 Å². The van der Waals surface area contributed by atoms with Crippen LogP contribution in [0.3, 0.4) is 0 Å². The molecule has 1 aliphatic carbocycles. The van der Waals surface area contributed by atoms with Gasteiger partial charge in [0.2, 0.25) is 0 Å². The number of aliphatic hydroxyl groups excluding tert-OH is 2. The molecule has 1 aromatic heterocycles. The van der Waals surface area contributed by atoms with Gasteiger partial charge in [-0.3, -0.25) is 4.98 Å².